The molecule has 0 unspecified atom stereocenters. The average Bonchev–Trinajstić information content (AvgIpc) is 2.91. The molecule has 194 valence electrons. The number of rotatable bonds is 9. The van der Waals surface area contributed by atoms with Gasteiger partial charge in [0.25, 0.3) is 11.8 Å². The fourth-order valence-electron chi connectivity index (χ4n) is 4.17. The number of aryl methyl sites for hydroxylation is 2. The first kappa shape index (κ1) is 26.8. The number of amides is 2. The van der Waals surface area contributed by atoms with Crippen LogP contribution in [0.5, 0.6) is 11.5 Å². The molecular formula is C31H30N2O4S. The van der Waals surface area contributed by atoms with Crippen molar-refractivity contribution in [1.82, 2.24) is 5.32 Å². The predicted molar refractivity (Wildman–Crippen MR) is 154 cm³/mol. The van der Waals surface area contributed by atoms with Crippen molar-refractivity contribution in [3.8, 4) is 11.5 Å². The topological polar surface area (TPSA) is 67.9 Å². The molecule has 3 aromatic rings. The van der Waals surface area contributed by atoms with Crippen LogP contribution in [0.4, 0.5) is 5.69 Å². The lowest BCUT2D eigenvalue weighted by Gasteiger charge is -2.29. The molecule has 0 spiro atoms. The van der Waals surface area contributed by atoms with Gasteiger partial charge < -0.3 is 9.47 Å². The monoisotopic (exact) mass is 526 g/mol. The second kappa shape index (κ2) is 11.9. The van der Waals surface area contributed by atoms with Crippen molar-refractivity contribution in [3.05, 3.63) is 107 Å². The number of nitrogens with one attached hydrogen (secondary N) is 1. The Morgan fingerprint density at radius 2 is 1.71 bits per heavy atom. The Kier molecular flexibility index (Phi) is 8.38. The minimum Gasteiger partial charge on any atom is -0.493 e. The summed E-state index contributed by atoms with van der Waals surface area (Å²) in [7, 11) is 1.56. The van der Waals surface area contributed by atoms with Crippen LogP contribution < -0.4 is 19.7 Å². The summed E-state index contributed by atoms with van der Waals surface area (Å²) in [5, 5.41) is 2.68. The first-order chi connectivity index (χ1) is 18.3. The lowest BCUT2D eigenvalue weighted by molar-refractivity contribution is -0.122. The summed E-state index contributed by atoms with van der Waals surface area (Å²) in [6, 6.07) is 19.3. The number of hydrogen-bond acceptors (Lipinski definition) is 5. The average molecular weight is 527 g/mol. The van der Waals surface area contributed by atoms with Gasteiger partial charge in [0.05, 0.1) is 12.8 Å². The highest BCUT2D eigenvalue weighted by atomic mass is 32.1. The molecule has 3 aromatic carbocycles. The Morgan fingerprint density at radius 3 is 2.34 bits per heavy atom. The van der Waals surface area contributed by atoms with E-state index >= 15 is 0 Å². The van der Waals surface area contributed by atoms with Crippen molar-refractivity contribution in [2.75, 3.05) is 12.0 Å². The van der Waals surface area contributed by atoms with Crippen LogP contribution >= 0.6 is 12.2 Å². The minimum atomic E-state index is -0.551. The number of carbonyl (C=O) groups is 2. The van der Waals surface area contributed by atoms with Crippen molar-refractivity contribution in [3.63, 3.8) is 0 Å². The molecule has 0 atom stereocenters. The van der Waals surface area contributed by atoms with E-state index in [2.05, 4.69) is 18.8 Å². The molecule has 4 rings (SSSR count). The molecule has 1 aliphatic heterocycles. The van der Waals surface area contributed by atoms with E-state index < -0.39 is 11.8 Å². The number of thiocarbonyl (C=S) groups is 1. The number of hydrogen-bond donors (Lipinski definition) is 1. The van der Waals surface area contributed by atoms with Gasteiger partial charge in [-0.05, 0) is 79.0 Å². The zero-order chi connectivity index (χ0) is 27.2. The fraction of sp³-hybridized carbons (Fsp3) is 0.194. The third kappa shape index (κ3) is 5.84. The highest BCUT2D eigenvalue weighted by Crippen LogP contribution is 2.35. The van der Waals surface area contributed by atoms with Crippen molar-refractivity contribution >= 4 is 40.9 Å². The highest BCUT2D eigenvalue weighted by molar-refractivity contribution is 7.80. The van der Waals surface area contributed by atoms with Gasteiger partial charge >= 0.3 is 0 Å². The van der Waals surface area contributed by atoms with Gasteiger partial charge in [-0.25, -0.2) is 0 Å². The van der Waals surface area contributed by atoms with Crippen LogP contribution in [0, 0.1) is 6.92 Å². The molecule has 1 aliphatic rings. The van der Waals surface area contributed by atoms with Crippen LogP contribution in [0.25, 0.3) is 6.08 Å². The van der Waals surface area contributed by atoms with Gasteiger partial charge in [-0.3, -0.25) is 19.8 Å². The number of allylic oxidation sites excluding steroid dienone is 1. The molecule has 38 heavy (non-hydrogen) atoms. The summed E-state index contributed by atoms with van der Waals surface area (Å²) >= 11 is 5.33. The fourth-order valence-corrected chi connectivity index (χ4v) is 4.45. The predicted octanol–water partition coefficient (Wildman–Crippen LogP) is 5.70. The number of carbonyl (C=O) groups excluding carboxylic acids is 2. The maximum absolute atomic E-state index is 13.5. The Hall–Kier alpha value is -4.23. The first-order valence-corrected chi connectivity index (χ1v) is 12.8. The molecule has 2 amide bonds. The van der Waals surface area contributed by atoms with Crippen LogP contribution in [-0.4, -0.2) is 24.0 Å². The van der Waals surface area contributed by atoms with E-state index in [-0.39, 0.29) is 10.7 Å². The zero-order valence-corrected chi connectivity index (χ0v) is 22.6. The van der Waals surface area contributed by atoms with E-state index in [1.165, 1.54) is 10.5 Å². The van der Waals surface area contributed by atoms with Crippen LogP contribution in [-0.2, 0) is 29.0 Å². The van der Waals surface area contributed by atoms with Crippen molar-refractivity contribution in [1.29, 1.82) is 0 Å². The molecule has 1 saturated heterocycles. The van der Waals surface area contributed by atoms with Gasteiger partial charge in [-0.1, -0.05) is 55.0 Å². The molecule has 6 nitrogen and oxygen atoms in total. The molecule has 0 saturated carbocycles. The summed E-state index contributed by atoms with van der Waals surface area (Å²) < 4.78 is 11.8. The lowest BCUT2D eigenvalue weighted by atomic mass is 10.0. The van der Waals surface area contributed by atoms with Gasteiger partial charge in [-0.2, -0.15) is 0 Å². The van der Waals surface area contributed by atoms with E-state index in [9.17, 15) is 9.59 Å². The summed E-state index contributed by atoms with van der Waals surface area (Å²) in [6.45, 7) is 8.32. The van der Waals surface area contributed by atoms with Gasteiger partial charge in [0.1, 0.15) is 12.2 Å². The molecule has 1 heterocycles. The Bertz CT molecular complexity index is 1410. The smallest absolute Gasteiger partial charge is 0.270 e. The molecule has 7 heteroatoms. The molecular weight excluding hydrogens is 496 g/mol. The Morgan fingerprint density at radius 1 is 1.03 bits per heavy atom. The molecule has 0 aromatic heterocycles. The van der Waals surface area contributed by atoms with E-state index in [4.69, 9.17) is 21.7 Å². The van der Waals surface area contributed by atoms with Gasteiger partial charge in [-0.15, -0.1) is 6.58 Å². The normalized spacial score (nSPS) is 14.4. The number of ether oxygens (including phenoxy) is 2. The first-order valence-electron chi connectivity index (χ1n) is 12.3. The zero-order valence-electron chi connectivity index (χ0n) is 21.7. The van der Waals surface area contributed by atoms with Crippen molar-refractivity contribution < 1.29 is 19.1 Å². The van der Waals surface area contributed by atoms with Crippen LogP contribution in [0.1, 0.15) is 34.7 Å². The molecule has 1 N–H and O–H groups in total. The maximum Gasteiger partial charge on any atom is 0.270 e. The summed E-state index contributed by atoms with van der Waals surface area (Å²) in [5.41, 5.74) is 5.34. The Labute approximate surface area is 228 Å². The van der Waals surface area contributed by atoms with E-state index in [1.807, 2.05) is 61.5 Å². The van der Waals surface area contributed by atoms with Gasteiger partial charge in [0.15, 0.2) is 16.6 Å². The number of anilines is 1. The third-order valence-corrected chi connectivity index (χ3v) is 6.54. The quantitative estimate of drug-likeness (QED) is 0.168. The third-order valence-electron chi connectivity index (χ3n) is 6.26. The van der Waals surface area contributed by atoms with Crippen LogP contribution in [0.2, 0.25) is 0 Å². The molecule has 0 radical (unpaired) electrons. The summed E-state index contributed by atoms with van der Waals surface area (Å²) in [5.74, 6) is 0.0418. The van der Waals surface area contributed by atoms with Gasteiger partial charge in [0.2, 0.25) is 0 Å². The summed E-state index contributed by atoms with van der Waals surface area (Å²) in [4.78, 5) is 27.6. The van der Waals surface area contributed by atoms with Crippen molar-refractivity contribution in [2.24, 2.45) is 0 Å². The molecule has 0 bridgehead atoms. The maximum atomic E-state index is 13.5. The standard InChI is InChI=1S/C31H30N2O4S/c1-5-7-24-16-23(18-27(36-4)28(24)37-19-22-10-8-20(3)9-11-22)17-26-29(34)32-31(38)33(30(26)35)25-14-12-21(6-2)13-15-25/h5,8-18H,1,6-7,19H2,2-4H3,(H,32,34,38)/b26-17+. The second-order valence-electron chi connectivity index (χ2n) is 8.96. The summed E-state index contributed by atoms with van der Waals surface area (Å²) in [6.07, 6.45) is 4.70. The minimum absolute atomic E-state index is 0.0295. The molecule has 1 fully saturated rings. The van der Waals surface area contributed by atoms with Crippen molar-refractivity contribution in [2.45, 2.75) is 33.3 Å². The van der Waals surface area contributed by atoms with Gasteiger partial charge in [0, 0.05) is 5.56 Å². The SMILES string of the molecule is C=CCc1cc(/C=C2\C(=O)NC(=S)N(c3ccc(CC)cc3)C2=O)cc(OC)c1OCc1ccc(C)cc1. The van der Waals surface area contributed by atoms with Crippen LogP contribution in [0.15, 0.2) is 78.9 Å². The van der Waals surface area contributed by atoms with E-state index in [0.29, 0.717) is 35.8 Å². The van der Waals surface area contributed by atoms with Crippen LogP contribution in [0.3, 0.4) is 0 Å². The number of benzene rings is 3. The molecule has 0 aliphatic carbocycles. The number of methoxy groups -OCH3 is 1. The van der Waals surface area contributed by atoms with E-state index in [1.54, 1.807) is 25.3 Å². The Balaban J connectivity index is 1.68. The van der Waals surface area contributed by atoms with E-state index in [0.717, 1.165) is 23.1 Å². The largest absolute Gasteiger partial charge is 0.493 e. The highest BCUT2D eigenvalue weighted by Gasteiger charge is 2.34. The lowest BCUT2D eigenvalue weighted by Crippen LogP contribution is -2.54. The number of nitrogens with zero attached hydrogens (tertiary/aromatic N) is 1. The second-order valence-corrected chi connectivity index (χ2v) is 9.34.